The van der Waals surface area contributed by atoms with Crippen LogP contribution in [0.5, 0.6) is 0 Å². The third-order valence-corrected chi connectivity index (χ3v) is 5.59. The summed E-state index contributed by atoms with van der Waals surface area (Å²) in [4.78, 5) is 12.3. The lowest BCUT2D eigenvalue weighted by atomic mass is 10.1. The van der Waals surface area contributed by atoms with E-state index < -0.39 is 10.0 Å². The first kappa shape index (κ1) is 18.2. The van der Waals surface area contributed by atoms with E-state index in [1.807, 2.05) is 38.1 Å². The smallest absolute Gasteiger partial charge is 0.243 e. The number of aryl methyl sites for hydroxylation is 1. The monoisotopic (exact) mass is 346 g/mol. The van der Waals surface area contributed by atoms with Crippen LogP contribution in [0, 0.1) is 6.92 Å². The molecule has 2 aromatic carbocycles. The third kappa shape index (κ3) is 4.43. The molecule has 0 aliphatic rings. The van der Waals surface area contributed by atoms with Crippen LogP contribution < -0.4 is 5.32 Å². The highest BCUT2D eigenvalue weighted by atomic mass is 32.2. The minimum absolute atomic E-state index is 0.173. The Morgan fingerprint density at radius 1 is 1.08 bits per heavy atom. The zero-order chi connectivity index (χ0) is 17.7. The second-order valence-electron chi connectivity index (χ2n) is 5.77. The zero-order valence-electron chi connectivity index (χ0n) is 14.1. The molecule has 0 aliphatic carbocycles. The van der Waals surface area contributed by atoms with Crippen molar-refractivity contribution in [3.8, 4) is 0 Å². The molecular weight excluding hydrogens is 324 g/mol. The number of likely N-dealkylation sites (N-methyl/N-ethyl adjacent to an activating group) is 1. The van der Waals surface area contributed by atoms with E-state index in [-0.39, 0.29) is 23.4 Å². The first-order chi connectivity index (χ1) is 11.3. The first-order valence-corrected chi connectivity index (χ1v) is 9.12. The van der Waals surface area contributed by atoms with Crippen molar-refractivity contribution < 1.29 is 13.2 Å². The van der Waals surface area contributed by atoms with Gasteiger partial charge in [-0.25, -0.2) is 8.42 Å². The Hall–Kier alpha value is -2.18. The fraction of sp³-hybridized carbons (Fsp3) is 0.278. The SMILES string of the molecule is Cc1ccc([C@H](C)NC(=O)CN(C)S(=O)(=O)c2ccccc2)cc1. The van der Waals surface area contributed by atoms with Gasteiger partial charge in [-0.3, -0.25) is 4.79 Å². The Kier molecular flexibility index (Phi) is 5.75. The topological polar surface area (TPSA) is 66.5 Å². The van der Waals surface area contributed by atoms with Crippen LogP contribution in [0.4, 0.5) is 0 Å². The molecule has 5 nitrogen and oxygen atoms in total. The lowest BCUT2D eigenvalue weighted by Gasteiger charge is -2.19. The molecule has 1 amide bonds. The molecule has 1 atom stereocenters. The van der Waals surface area contributed by atoms with Crippen molar-refractivity contribution in [2.24, 2.45) is 0 Å². The summed E-state index contributed by atoms with van der Waals surface area (Å²) in [5.74, 6) is -0.343. The molecule has 0 unspecified atom stereocenters. The minimum atomic E-state index is -3.67. The standard InChI is InChI=1S/C18H22N2O3S/c1-14-9-11-16(12-10-14)15(2)19-18(21)13-20(3)24(22,23)17-7-5-4-6-8-17/h4-12,15H,13H2,1-3H3,(H,19,21)/t15-/m0/s1. The van der Waals surface area contributed by atoms with Crippen LogP contribution in [0.1, 0.15) is 24.1 Å². The Balaban J connectivity index is 2.00. The summed E-state index contributed by atoms with van der Waals surface area (Å²) in [7, 11) is -2.27. The highest BCUT2D eigenvalue weighted by Gasteiger charge is 2.23. The molecule has 0 saturated heterocycles. The van der Waals surface area contributed by atoms with Crippen LogP contribution in [0.2, 0.25) is 0 Å². The number of hydrogen-bond donors (Lipinski definition) is 1. The molecule has 128 valence electrons. The van der Waals surface area contributed by atoms with Gasteiger partial charge in [0.25, 0.3) is 0 Å². The maximum absolute atomic E-state index is 12.4. The molecule has 0 spiro atoms. The van der Waals surface area contributed by atoms with Gasteiger partial charge in [-0.05, 0) is 31.5 Å². The summed E-state index contributed by atoms with van der Waals surface area (Å²) >= 11 is 0. The Morgan fingerprint density at radius 2 is 1.67 bits per heavy atom. The van der Waals surface area contributed by atoms with Crippen molar-refractivity contribution in [1.82, 2.24) is 9.62 Å². The van der Waals surface area contributed by atoms with Crippen LogP contribution in [0.3, 0.4) is 0 Å². The Bertz CT molecular complexity index is 787. The fourth-order valence-corrected chi connectivity index (χ4v) is 3.43. The van der Waals surface area contributed by atoms with Crippen LogP contribution in [-0.4, -0.2) is 32.2 Å². The summed E-state index contributed by atoms with van der Waals surface area (Å²) in [5, 5.41) is 2.83. The first-order valence-electron chi connectivity index (χ1n) is 7.68. The molecule has 0 saturated carbocycles. The predicted octanol–water partition coefficient (Wildman–Crippen LogP) is 2.49. The van der Waals surface area contributed by atoms with Gasteiger partial charge in [0, 0.05) is 7.05 Å². The van der Waals surface area contributed by atoms with Gasteiger partial charge in [0.1, 0.15) is 0 Å². The van der Waals surface area contributed by atoms with Gasteiger partial charge in [-0.15, -0.1) is 0 Å². The van der Waals surface area contributed by atoms with E-state index >= 15 is 0 Å². The van der Waals surface area contributed by atoms with E-state index in [4.69, 9.17) is 0 Å². The van der Waals surface area contributed by atoms with Gasteiger partial charge in [0.15, 0.2) is 0 Å². The molecule has 6 heteroatoms. The lowest BCUT2D eigenvalue weighted by molar-refractivity contribution is -0.121. The summed E-state index contributed by atoms with van der Waals surface area (Å²) in [6.45, 7) is 3.64. The molecule has 2 aromatic rings. The fourth-order valence-electron chi connectivity index (χ4n) is 2.29. The molecule has 0 bridgehead atoms. The lowest BCUT2D eigenvalue weighted by Crippen LogP contribution is -2.39. The van der Waals surface area contributed by atoms with E-state index in [1.54, 1.807) is 18.2 Å². The largest absolute Gasteiger partial charge is 0.348 e. The molecule has 0 radical (unpaired) electrons. The normalized spacial score (nSPS) is 12.8. The number of nitrogens with zero attached hydrogens (tertiary/aromatic N) is 1. The van der Waals surface area contributed by atoms with Crippen LogP contribution in [0.25, 0.3) is 0 Å². The molecule has 0 fully saturated rings. The van der Waals surface area contributed by atoms with Gasteiger partial charge in [0.05, 0.1) is 17.5 Å². The number of rotatable bonds is 6. The van der Waals surface area contributed by atoms with Crippen molar-refractivity contribution in [2.45, 2.75) is 24.8 Å². The molecular formula is C18H22N2O3S. The van der Waals surface area contributed by atoms with Crippen molar-refractivity contribution >= 4 is 15.9 Å². The number of hydrogen-bond acceptors (Lipinski definition) is 3. The maximum Gasteiger partial charge on any atom is 0.243 e. The number of carbonyl (C=O) groups is 1. The number of carbonyl (C=O) groups excluding carboxylic acids is 1. The van der Waals surface area contributed by atoms with Crippen LogP contribution >= 0.6 is 0 Å². The molecule has 0 heterocycles. The van der Waals surface area contributed by atoms with E-state index in [2.05, 4.69) is 5.32 Å². The number of nitrogens with one attached hydrogen (secondary N) is 1. The maximum atomic E-state index is 12.4. The van der Waals surface area contributed by atoms with Crippen LogP contribution in [-0.2, 0) is 14.8 Å². The van der Waals surface area contributed by atoms with Crippen molar-refractivity contribution in [3.05, 3.63) is 65.7 Å². The number of amides is 1. The highest BCUT2D eigenvalue weighted by Crippen LogP contribution is 2.15. The van der Waals surface area contributed by atoms with E-state index in [0.29, 0.717) is 0 Å². The van der Waals surface area contributed by atoms with E-state index in [9.17, 15) is 13.2 Å². The molecule has 24 heavy (non-hydrogen) atoms. The molecule has 2 rings (SSSR count). The summed E-state index contributed by atoms with van der Waals surface area (Å²) in [6, 6.07) is 15.7. The second kappa shape index (κ2) is 7.59. The Morgan fingerprint density at radius 3 is 2.25 bits per heavy atom. The van der Waals surface area contributed by atoms with Gasteiger partial charge in [-0.1, -0.05) is 48.0 Å². The summed E-state index contributed by atoms with van der Waals surface area (Å²) < 4.78 is 25.9. The molecule has 0 aromatic heterocycles. The average molecular weight is 346 g/mol. The van der Waals surface area contributed by atoms with Gasteiger partial charge < -0.3 is 5.32 Å². The molecule has 0 aliphatic heterocycles. The van der Waals surface area contributed by atoms with Gasteiger partial charge in [-0.2, -0.15) is 4.31 Å². The highest BCUT2D eigenvalue weighted by molar-refractivity contribution is 7.89. The summed E-state index contributed by atoms with van der Waals surface area (Å²) in [5.41, 5.74) is 2.12. The quantitative estimate of drug-likeness (QED) is 0.874. The second-order valence-corrected chi connectivity index (χ2v) is 7.82. The third-order valence-electron chi connectivity index (χ3n) is 3.77. The summed E-state index contributed by atoms with van der Waals surface area (Å²) in [6.07, 6.45) is 0. The van der Waals surface area contributed by atoms with Gasteiger partial charge >= 0.3 is 0 Å². The van der Waals surface area contributed by atoms with E-state index in [0.717, 1.165) is 15.4 Å². The van der Waals surface area contributed by atoms with Gasteiger partial charge in [0.2, 0.25) is 15.9 Å². The van der Waals surface area contributed by atoms with Crippen molar-refractivity contribution in [1.29, 1.82) is 0 Å². The number of benzene rings is 2. The minimum Gasteiger partial charge on any atom is -0.348 e. The van der Waals surface area contributed by atoms with E-state index in [1.165, 1.54) is 19.2 Å². The van der Waals surface area contributed by atoms with Crippen molar-refractivity contribution in [3.63, 3.8) is 0 Å². The predicted molar refractivity (Wildman–Crippen MR) is 94.0 cm³/mol. The average Bonchev–Trinajstić information content (AvgIpc) is 2.56. The van der Waals surface area contributed by atoms with Crippen LogP contribution in [0.15, 0.2) is 59.5 Å². The zero-order valence-corrected chi connectivity index (χ0v) is 14.9. The molecule has 1 N–H and O–H groups in total. The number of sulfonamides is 1. The van der Waals surface area contributed by atoms with Crippen molar-refractivity contribution in [2.75, 3.05) is 13.6 Å². The Labute approximate surface area is 143 Å².